The maximum Gasteiger partial charge on any atom is 0.243 e. The van der Waals surface area contributed by atoms with Crippen LogP contribution in [0.3, 0.4) is 0 Å². The SMILES string of the molecule is [B]C1([B])Oc2ccc(S(=O)(=O)N3CC4=C(CNC4)C3)cc2OC1([B])[B]. The van der Waals surface area contributed by atoms with Crippen molar-refractivity contribution in [1.29, 1.82) is 0 Å². The molecule has 1 aromatic rings. The highest BCUT2D eigenvalue weighted by atomic mass is 32.2. The van der Waals surface area contributed by atoms with Gasteiger partial charge in [-0.3, -0.25) is 0 Å². The average molecular weight is 348 g/mol. The molecule has 0 saturated carbocycles. The molecule has 0 fully saturated rings. The van der Waals surface area contributed by atoms with Crippen molar-refractivity contribution in [2.45, 2.75) is 15.7 Å². The van der Waals surface area contributed by atoms with Crippen molar-refractivity contribution in [3.8, 4) is 11.5 Å². The molecule has 6 nitrogen and oxygen atoms in total. The van der Waals surface area contributed by atoms with Crippen LogP contribution in [0.25, 0.3) is 0 Å². The topological polar surface area (TPSA) is 67.9 Å². The summed E-state index contributed by atoms with van der Waals surface area (Å²) in [5.41, 5.74) is 2.25. The zero-order valence-corrected chi connectivity index (χ0v) is 14.2. The minimum atomic E-state index is -3.70. The highest BCUT2D eigenvalue weighted by molar-refractivity contribution is 7.89. The van der Waals surface area contributed by atoms with Crippen molar-refractivity contribution in [3.05, 3.63) is 29.3 Å². The van der Waals surface area contributed by atoms with Crippen LogP contribution >= 0.6 is 0 Å². The minimum Gasteiger partial charge on any atom is -0.501 e. The summed E-state index contributed by atoms with van der Waals surface area (Å²) in [4.78, 5) is 0.0568. The number of rotatable bonds is 2. The number of hydrogen-bond donors (Lipinski definition) is 1. The molecule has 25 heavy (non-hydrogen) atoms. The lowest BCUT2D eigenvalue weighted by atomic mass is 9.41. The Balaban J connectivity index is 1.65. The second kappa shape index (κ2) is 5.34. The fourth-order valence-electron chi connectivity index (χ4n) is 3.09. The molecule has 3 aliphatic rings. The first-order valence-electron chi connectivity index (χ1n) is 7.68. The van der Waals surface area contributed by atoms with Crippen molar-refractivity contribution in [2.24, 2.45) is 0 Å². The smallest absolute Gasteiger partial charge is 0.243 e. The van der Waals surface area contributed by atoms with E-state index in [1.54, 1.807) is 0 Å². The Morgan fingerprint density at radius 3 is 2.12 bits per heavy atom. The van der Waals surface area contributed by atoms with E-state index in [-0.39, 0.29) is 16.4 Å². The summed E-state index contributed by atoms with van der Waals surface area (Å²) in [6.07, 6.45) is 0. The van der Waals surface area contributed by atoms with Gasteiger partial charge in [-0.25, -0.2) is 8.42 Å². The van der Waals surface area contributed by atoms with Crippen LogP contribution in [-0.4, -0.2) is 81.1 Å². The van der Waals surface area contributed by atoms with Gasteiger partial charge in [0.2, 0.25) is 10.0 Å². The lowest BCUT2D eigenvalue weighted by Gasteiger charge is -2.48. The van der Waals surface area contributed by atoms with Gasteiger partial charge in [0.15, 0.2) is 11.5 Å². The van der Waals surface area contributed by atoms with Crippen LogP contribution in [-0.2, 0) is 10.0 Å². The quantitative estimate of drug-likeness (QED) is 0.513. The molecule has 1 N–H and O–H groups in total. The van der Waals surface area contributed by atoms with Gasteiger partial charge in [0.1, 0.15) is 31.4 Å². The van der Waals surface area contributed by atoms with Crippen molar-refractivity contribution in [3.63, 3.8) is 0 Å². The molecule has 3 heterocycles. The van der Waals surface area contributed by atoms with Crippen LogP contribution in [0.15, 0.2) is 34.2 Å². The number of ether oxygens (including phenoxy) is 2. The first-order valence-corrected chi connectivity index (χ1v) is 9.12. The van der Waals surface area contributed by atoms with Gasteiger partial charge >= 0.3 is 0 Å². The summed E-state index contributed by atoms with van der Waals surface area (Å²) in [5.74, 6) is 0.237. The normalized spacial score (nSPS) is 24.3. The molecule has 4 rings (SSSR count). The molecule has 120 valence electrons. The molecule has 8 radical (unpaired) electrons. The molecule has 3 aliphatic heterocycles. The summed E-state index contributed by atoms with van der Waals surface area (Å²) >= 11 is 0. The van der Waals surface area contributed by atoms with Crippen LogP contribution in [0, 0.1) is 0 Å². The molecule has 0 spiro atoms. The molecule has 0 aliphatic carbocycles. The van der Waals surface area contributed by atoms with E-state index in [1.165, 1.54) is 22.5 Å². The Kier molecular flexibility index (Phi) is 3.66. The van der Waals surface area contributed by atoms with E-state index in [1.807, 2.05) is 0 Å². The number of hydrogen-bond acceptors (Lipinski definition) is 5. The van der Waals surface area contributed by atoms with Gasteiger partial charge in [-0.1, -0.05) is 0 Å². The van der Waals surface area contributed by atoms with Gasteiger partial charge in [0.05, 0.1) is 4.90 Å². The molecule has 0 bridgehead atoms. The Labute approximate surface area is 152 Å². The van der Waals surface area contributed by atoms with Crippen LogP contribution in [0.2, 0.25) is 0 Å². The molecule has 0 aromatic heterocycles. The lowest BCUT2D eigenvalue weighted by molar-refractivity contribution is 0.0614. The lowest BCUT2D eigenvalue weighted by Crippen LogP contribution is -2.65. The zero-order chi connectivity index (χ0) is 18.0. The van der Waals surface area contributed by atoms with E-state index in [0.717, 1.165) is 24.2 Å². The third kappa shape index (κ3) is 2.64. The van der Waals surface area contributed by atoms with Gasteiger partial charge in [0.25, 0.3) is 0 Å². The van der Waals surface area contributed by atoms with Crippen LogP contribution in [0.1, 0.15) is 0 Å². The van der Waals surface area contributed by atoms with Crippen LogP contribution in [0.5, 0.6) is 11.5 Å². The first-order chi connectivity index (χ1) is 11.6. The summed E-state index contributed by atoms with van der Waals surface area (Å²) in [5, 5.41) is -0.751. The fraction of sp³-hybridized carbons (Fsp3) is 0.429. The number of sulfonamides is 1. The van der Waals surface area contributed by atoms with Gasteiger partial charge in [-0.05, 0) is 23.3 Å². The monoisotopic (exact) mass is 348 g/mol. The summed E-state index contributed by atoms with van der Waals surface area (Å²) in [6, 6.07) is 4.15. The van der Waals surface area contributed by atoms with Gasteiger partial charge in [-0.2, -0.15) is 4.31 Å². The maximum atomic E-state index is 12.9. The van der Waals surface area contributed by atoms with Gasteiger partial charge in [0, 0.05) is 43.0 Å². The fourth-order valence-corrected chi connectivity index (χ4v) is 4.53. The standard InChI is InChI=1S/C14H12B4N2O4S/c15-13(16)14(17,18)24-12-3-10(1-2-11(12)23-13)25(21,22)20-6-8-4-19-5-9(8)7-20/h1-3,19H,4-7H2. The van der Waals surface area contributed by atoms with E-state index in [0.29, 0.717) is 13.1 Å². The number of benzene rings is 1. The van der Waals surface area contributed by atoms with E-state index in [4.69, 9.17) is 40.9 Å². The Hall–Kier alpha value is -1.31. The van der Waals surface area contributed by atoms with Gasteiger partial charge < -0.3 is 14.8 Å². The predicted octanol–water partition coefficient (Wildman–Crippen LogP) is -1.66. The predicted molar refractivity (Wildman–Crippen MR) is 94.8 cm³/mol. The Morgan fingerprint density at radius 2 is 1.52 bits per heavy atom. The average Bonchev–Trinajstić information content (AvgIpc) is 3.08. The molecule has 1 aromatic carbocycles. The molecular weight excluding hydrogens is 335 g/mol. The summed E-state index contributed by atoms with van der Waals surface area (Å²) < 4.78 is 38.0. The summed E-state index contributed by atoms with van der Waals surface area (Å²) in [6.45, 7) is 2.21. The third-order valence-electron chi connectivity index (χ3n) is 4.63. The molecule has 0 saturated heterocycles. The Morgan fingerprint density at radius 1 is 0.960 bits per heavy atom. The van der Waals surface area contributed by atoms with Crippen molar-refractivity contribution in [2.75, 3.05) is 26.2 Å². The second-order valence-corrected chi connectivity index (χ2v) is 8.42. The van der Waals surface area contributed by atoms with E-state index < -0.39 is 20.8 Å². The second-order valence-electron chi connectivity index (χ2n) is 6.48. The molecule has 0 amide bonds. The molecular formula is C14H12B4N2O4S. The number of fused-ring (bicyclic) bond motifs is 1. The van der Waals surface area contributed by atoms with E-state index in [2.05, 4.69) is 5.32 Å². The minimum absolute atomic E-state index is 0.0568. The highest BCUT2D eigenvalue weighted by Crippen LogP contribution is 2.40. The van der Waals surface area contributed by atoms with Crippen LogP contribution < -0.4 is 14.8 Å². The largest absolute Gasteiger partial charge is 0.501 e. The number of nitrogens with zero attached hydrogens (tertiary/aromatic N) is 1. The van der Waals surface area contributed by atoms with Crippen molar-refractivity contribution in [1.82, 2.24) is 9.62 Å². The van der Waals surface area contributed by atoms with Crippen LogP contribution in [0.4, 0.5) is 0 Å². The third-order valence-corrected chi connectivity index (χ3v) is 6.42. The molecule has 0 unspecified atom stereocenters. The Bertz CT molecular complexity index is 869. The van der Waals surface area contributed by atoms with E-state index in [9.17, 15) is 8.42 Å². The van der Waals surface area contributed by atoms with Crippen molar-refractivity contribution < 1.29 is 17.9 Å². The van der Waals surface area contributed by atoms with Crippen molar-refractivity contribution >= 4 is 41.4 Å². The first kappa shape index (κ1) is 17.1. The maximum absolute atomic E-state index is 12.9. The number of nitrogens with one attached hydrogen (secondary N) is 1. The summed E-state index contributed by atoms with van der Waals surface area (Å²) in [7, 11) is 19.1. The molecule has 0 atom stereocenters. The molecule has 11 heteroatoms. The van der Waals surface area contributed by atoms with Gasteiger partial charge in [-0.15, -0.1) is 0 Å². The van der Waals surface area contributed by atoms with E-state index >= 15 is 0 Å². The highest BCUT2D eigenvalue weighted by Gasteiger charge is 2.43. The zero-order valence-electron chi connectivity index (χ0n) is 13.4.